The van der Waals surface area contributed by atoms with Crippen LogP contribution >= 0.6 is 0 Å². The second-order valence-electron chi connectivity index (χ2n) is 9.15. The van der Waals surface area contributed by atoms with E-state index in [-0.39, 0.29) is 12.0 Å². The molecule has 0 aliphatic heterocycles. The fourth-order valence-corrected chi connectivity index (χ4v) is 3.00. The van der Waals surface area contributed by atoms with Crippen LogP contribution < -0.4 is 10.6 Å². The minimum Gasteiger partial charge on any atom is -0.444 e. The first-order valence-corrected chi connectivity index (χ1v) is 10.6. The largest absolute Gasteiger partial charge is 0.444 e. The van der Waals surface area contributed by atoms with Gasteiger partial charge in [0.25, 0.3) is 5.91 Å². The summed E-state index contributed by atoms with van der Waals surface area (Å²) in [5.41, 5.74) is 0.582. The number of amides is 3. The number of alkyl carbamates (subject to hydrolysis) is 1. The molecular weight excluding hydrogens is 406 g/mol. The van der Waals surface area contributed by atoms with E-state index >= 15 is 0 Å². The van der Waals surface area contributed by atoms with Crippen LogP contribution in [0.15, 0.2) is 30.8 Å². The van der Waals surface area contributed by atoms with Crippen molar-refractivity contribution in [2.45, 2.75) is 72.2 Å². The highest BCUT2D eigenvalue weighted by molar-refractivity contribution is 5.93. The lowest BCUT2D eigenvalue weighted by atomic mass is 9.98. The van der Waals surface area contributed by atoms with Gasteiger partial charge in [-0.05, 0) is 57.7 Å². The van der Waals surface area contributed by atoms with Gasteiger partial charge in [-0.15, -0.1) is 0 Å². The van der Waals surface area contributed by atoms with E-state index in [1.54, 1.807) is 58.9 Å². The quantitative estimate of drug-likeness (QED) is 0.474. The van der Waals surface area contributed by atoms with Gasteiger partial charge < -0.3 is 15.4 Å². The highest BCUT2D eigenvalue weighted by atomic mass is 16.6. The smallest absolute Gasteiger partial charge is 0.408 e. The lowest BCUT2D eigenvalue weighted by Gasteiger charge is -2.32. The van der Waals surface area contributed by atoms with Crippen LogP contribution in [0.25, 0.3) is 6.08 Å². The maximum absolute atomic E-state index is 13.5. The Balaban J connectivity index is 3.39. The molecular formula is C25H35N3O4. The molecule has 0 bridgehead atoms. The molecule has 32 heavy (non-hydrogen) atoms. The molecule has 1 rings (SSSR count). The molecule has 1 aromatic carbocycles. The lowest BCUT2D eigenvalue weighted by molar-refractivity contribution is -0.139. The molecule has 0 aliphatic rings. The van der Waals surface area contributed by atoms with Crippen molar-refractivity contribution in [3.05, 3.63) is 42.0 Å². The third-order valence-corrected chi connectivity index (χ3v) is 4.38. The Morgan fingerprint density at radius 1 is 1.16 bits per heavy atom. The van der Waals surface area contributed by atoms with Crippen molar-refractivity contribution in [1.29, 1.82) is 0 Å². The first-order chi connectivity index (χ1) is 14.8. The van der Waals surface area contributed by atoms with Crippen LogP contribution in [-0.4, -0.2) is 40.5 Å². The predicted molar refractivity (Wildman–Crippen MR) is 126 cm³/mol. The molecule has 0 fully saturated rings. The molecule has 0 saturated heterocycles. The monoisotopic (exact) mass is 441 g/mol. The third kappa shape index (κ3) is 7.77. The van der Waals surface area contributed by atoms with E-state index in [0.717, 1.165) is 10.5 Å². The van der Waals surface area contributed by atoms with Crippen molar-refractivity contribution in [3.63, 3.8) is 0 Å². The number of nitrogens with zero attached hydrogens (tertiary/aromatic N) is 1. The standard InChI is InChI=1S/C25H35N3O4/c1-10-18-13-12-14-19(15-18)21(22(29)26-17(5)6)28(11-2)23(30)20(16(3)4)27-24(31)32-25(7,8)9/h2,10,12-17,20-21H,1H2,3-9H3,(H,26,29)(H,27,31). The molecule has 1 aromatic rings. The molecule has 0 radical (unpaired) electrons. The van der Waals surface area contributed by atoms with Crippen LogP contribution in [0.4, 0.5) is 4.79 Å². The van der Waals surface area contributed by atoms with E-state index in [4.69, 9.17) is 11.2 Å². The third-order valence-electron chi connectivity index (χ3n) is 4.38. The van der Waals surface area contributed by atoms with Gasteiger partial charge in [0.2, 0.25) is 5.91 Å². The maximum Gasteiger partial charge on any atom is 0.408 e. The number of ether oxygens (including phenoxy) is 1. The summed E-state index contributed by atoms with van der Waals surface area (Å²) in [6.07, 6.45) is 6.64. The van der Waals surface area contributed by atoms with Crippen LogP contribution in [0, 0.1) is 18.4 Å². The Kier molecular flexibility index (Phi) is 9.52. The van der Waals surface area contributed by atoms with Gasteiger partial charge in [-0.25, -0.2) is 4.79 Å². The Morgan fingerprint density at radius 2 is 1.78 bits per heavy atom. The van der Waals surface area contributed by atoms with Gasteiger partial charge >= 0.3 is 6.09 Å². The summed E-state index contributed by atoms with van der Waals surface area (Å²) in [5.74, 6) is -1.31. The molecule has 7 heteroatoms. The summed E-state index contributed by atoms with van der Waals surface area (Å²) in [6, 6.07) is 7.18. The van der Waals surface area contributed by atoms with Gasteiger partial charge in [0.1, 0.15) is 17.7 Å². The highest BCUT2D eigenvalue weighted by Gasteiger charge is 2.37. The average Bonchev–Trinajstić information content (AvgIpc) is 2.67. The van der Waals surface area contributed by atoms with Gasteiger partial charge in [0, 0.05) is 12.1 Å². The fraction of sp³-hybridized carbons (Fsp3) is 0.480. The number of carbonyl (C=O) groups is 3. The number of benzene rings is 1. The number of carbonyl (C=O) groups excluding carboxylic acids is 3. The topological polar surface area (TPSA) is 87.7 Å². The molecule has 0 saturated carbocycles. The molecule has 174 valence electrons. The van der Waals surface area contributed by atoms with Gasteiger partial charge in [0.05, 0.1) is 0 Å². The minimum absolute atomic E-state index is 0.164. The number of terminal acetylenes is 1. The Hall–Kier alpha value is -3.27. The first kappa shape index (κ1) is 26.8. The summed E-state index contributed by atoms with van der Waals surface area (Å²) >= 11 is 0. The molecule has 0 aromatic heterocycles. The van der Waals surface area contributed by atoms with Crippen LogP contribution in [0.3, 0.4) is 0 Å². The van der Waals surface area contributed by atoms with E-state index in [9.17, 15) is 14.4 Å². The zero-order chi connectivity index (χ0) is 24.6. The van der Waals surface area contributed by atoms with Crippen LogP contribution in [0.5, 0.6) is 0 Å². The van der Waals surface area contributed by atoms with E-state index < -0.39 is 35.6 Å². The van der Waals surface area contributed by atoms with Crippen molar-refractivity contribution >= 4 is 24.0 Å². The number of hydrogen-bond acceptors (Lipinski definition) is 4. The van der Waals surface area contributed by atoms with E-state index in [2.05, 4.69) is 23.3 Å². The van der Waals surface area contributed by atoms with E-state index in [0.29, 0.717) is 5.56 Å². The first-order valence-electron chi connectivity index (χ1n) is 10.6. The van der Waals surface area contributed by atoms with Crippen LogP contribution in [-0.2, 0) is 14.3 Å². The Morgan fingerprint density at radius 3 is 2.25 bits per heavy atom. The minimum atomic E-state index is -1.09. The summed E-state index contributed by atoms with van der Waals surface area (Å²) in [7, 11) is 0. The predicted octanol–water partition coefficient (Wildman–Crippen LogP) is 3.86. The normalized spacial score (nSPS) is 13.0. The Bertz CT molecular complexity index is 878. The second kappa shape index (κ2) is 11.4. The summed E-state index contributed by atoms with van der Waals surface area (Å²) in [4.78, 5) is 40.0. The lowest BCUT2D eigenvalue weighted by Crippen LogP contribution is -2.53. The number of rotatable bonds is 8. The fourth-order valence-electron chi connectivity index (χ4n) is 3.00. The van der Waals surface area contributed by atoms with E-state index in [1.165, 1.54) is 0 Å². The van der Waals surface area contributed by atoms with Gasteiger partial charge in [-0.3, -0.25) is 14.5 Å². The number of hydrogen-bond donors (Lipinski definition) is 2. The molecule has 0 aliphatic carbocycles. The average molecular weight is 442 g/mol. The van der Waals surface area contributed by atoms with E-state index in [1.807, 2.05) is 19.9 Å². The van der Waals surface area contributed by atoms with Crippen LogP contribution in [0.2, 0.25) is 0 Å². The summed E-state index contributed by atoms with van der Waals surface area (Å²) < 4.78 is 5.29. The Labute approximate surface area is 191 Å². The molecule has 2 unspecified atom stereocenters. The zero-order valence-corrected chi connectivity index (χ0v) is 20.1. The SMILES string of the molecule is C#CN(C(=O)C(NC(=O)OC(C)(C)C)C(C)C)C(C(=O)NC(C)C)c1cccc(C=C)c1. The second-order valence-corrected chi connectivity index (χ2v) is 9.15. The van der Waals surface area contributed by atoms with Crippen LogP contribution in [0.1, 0.15) is 65.6 Å². The molecule has 3 amide bonds. The molecule has 2 N–H and O–H groups in total. The summed E-state index contributed by atoms with van der Waals surface area (Å²) in [6.45, 7) is 16.1. The molecule has 2 atom stereocenters. The summed E-state index contributed by atoms with van der Waals surface area (Å²) in [5, 5.41) is 5.42. The van der Waals surface area contributed by atoms with Crippen molar-refractivity contribution in [2.24, 2.45) is 5.92 Å². The molecule has 7 nitrogen and oxygen atoms in total. The van der Waals surface area contributed by atoms with Crippen molar-refractivity contribution in [3.8, 4) is 12.5 Å². The van der Waals surface area contributed by atoms with Gasteiger partial charge in [-0.1, -0.05) is 51.1 Å². The number of nitrogens with one attached hydrogen (secondary N) is 2. The van der Waals surface area contributed by atoms with Gasteiger partial charge in [0.15, 0.2) is 0 Å². The maximum atomic E-state index is 13.5. The van der Waals surface area contributed by atoms with Crippen molar-refractivity contribution < 1.29 is 19.1 Å². The van der Waals surface area contributed by atoms with Crippen molar-refractivity contribution in [1.82, 2.24) is 15.5 Å². The molecule has 0 heterocycles. The molecule has 0 spiro atoms. The zero-order valence-electron chi connectivity index (χ0n) is 20.1. The highest BCUT2D eigenvalue weighted by Crippen LogP contribution is 2.24. The van der Waals surface area contributed by atoms with Crippen molar-refractivity contribution in [2.75, 3.05) is 0 Å². The van der Waals surface area contributed by atoms with Gasteiger partial charge in [-0.2, -0.15) is 0 Å².